The Bertz CT molecular complexity index is 499. The molecule has 0 aromatic rings. The average Bonchev–Trinajstić information content (AvgIpc) is 2.40. The van der Waals surface area contributed by atoms with Gasteiger partial charge in [-0.15, -0.1) is 0 Å². The third kappa shape index (κ3) is 3.90. The molecule has 1 N–H and O–H groups in total. The molecule has 1 saturated heterocycles. The molecule has 0 aromatic carbocycles. The molecular weight excluding hydrogens is 324 g/mol. The van der Waals surface area contributed by atoms with Crippen LogP contribution in [0.1, 0.15) is 60.8 Å². The van der Waals surface area contributed by atoms with Crippen LogP contribution in [0.25, 0.3) is 0 Å². The first kappa shape index (κ1) is 19.6. The summed E-state index contributed by atoms with van der Waals surface area (Å²) < 4.78 is 16.2. The van der Waals surface area contributed by atoms with Gasteiger partial charge in [-0.2, -0.15) is 0 Å². The van der Waals surface area contributed by atoms with Crippen LogP contribution >= 0.6 is 0 Å². The molecule has 3 atom stereocenters. The van der Waals surface area contributed by atoms with Crippen molar-refractivity contribution in [3.8, 4) is 0 Å². The third-order valence-electron chi connectivity index (χ3n) is 5.56. The molecule has 138 valence electrons. The van der Waals surface area contributed by atoms with Gasteiger partial charge in [0.05, 0.1) is 6.21 Å². The van der Waals surface area contributed by atoms with E-state index >= 15 is 0 Å². The molecule has 2 fully saturated rings. The van der Waals surface area contributed by atoms with Crippen LogP contribution in [-0.4, -0.2) is 44.7 Å². The molecule has 2 rings (SSSR count). The molecule has 0 radical (unpaired) electrons. The summed E-state index contributed by atoms with van der Waals surface area (Å²) in [6, 6.07) is 0. The van der Waals surface area contributed by atoms with Crippen LogP contribution < -0.4 is 0 Å². The maximum Gasteiger partial charge on any atom is 0.407 e. The van der Waals surface area contributed by atoms with Gasteiger partial charge >= 0.3 is 6.09 Å². The molecule has 1 amide bonds. The Hall–Kier alpha value is -0.750. The van der Waals surface area contributed by atoms with Gasteiger partial charge in [-0.3, -0.25) is 0 Å². The minimum atomic E-state index is -1.21. The highest BCUT2D eigenvalue weighted by molar-refractivity contribution is 7.91. The molecule has 24 heavy (non-hydrogen) atoms. The molecule has 6 heteroatoms. The number of carboxylic acid groups (broad SMARTS) is 1. The molecule has 1 saturated carbocycles. The summed E-state index contributed by atoms with van der Waals surface area (Å²) in [7, 11) is 0. The molecule has 1 spiro atoms. The van der Waals surface area contributed by atoms with Gasteiger partial charge in [-0.25, -0.2) is 4.79 Å². The Balaban J connectivity index is 2.10. The standard InChI is InChI=1S/C18H32N2O3S/c1-16(2,3)14-13(12-19-24(23)17(4,5)6)11-18(14)7-9-20(10-8-18)15(21)22/h12-14H,7-11H2,1-6H3,(H,21,22)/b19-12+/t13-,14+,24+/m0/s1. The lowest BCUT2D eigenvalue weighted by atomic mass is 9.44. The fourth-order valence-electron chi connectivity index (χ4n) is 4.66. The van der Waals surface area contributed by atoms with Crippen LogP contribution in [0.4, 0.5) is 4.79 Å². The normalized spacial score (nSPS) is 28.9. The van der Waals surface area contributed by atoms with E-state index in [0.29, 0.717) is 24.9 Å². The third-order valence-corrected chi connectivity index (χ3v) is 6.93. The highest BCUT2D eigenvalue weighted by Crippen LogP contribution is 2.62. The number of likely N-dealkylation sites (tertiary alicyclic amines) is 1. The first-order chi connectivity index (χ1) is 10.9. The maximum absolute atomic E-state index is 12.2. The van der Waals surface area contributed by atoms with Gasteiger partial charge < -0.3 is 14.6 Å². The van der Waals surface area contributed by atoms with Crippen LogP contribution in [0.15, 0.2) is 4.40 Å². The largest absolute Gasteiger partial charge is 0.591 e. The zero-order valence-electron chi connectivity index (χ0n) is 15.8. The van der Waals surface area contributed by atoms with Crippen molar-refractivity contribution >= 4 is 23.7 Å². The van der Waals surface area contributed by atoms with Crippen molar-refractivity contribution in [2.24, 2.45) is 27.1 Å². The van der Waals surface area contributed by atoms with E-state index < -0.39 is 17.5 Å². The maximum atomic E-state index is 12.2. The Morgan fingerprint density at radius 1 is 1.25 bits per heavy atom. The lowest BCUT2D eigenvalue weighted by Crippen LogP contribution is -2.59. The van der Waals surface area contributed by atoms with E-state index in [4.69, 9.17) is 5.11 Å². The van der Waals surface area contributed by atoms with Crippen molar-refractivity contribution in [3.63, 3.8) is 0 Å². The number of nitrogens with zero attached hydrogens (tertiary/aromatic N) is 2. The van der Waals surface area contributed by atoms with Crippen molar-refractivity contribution in [1.29, 1.82) is 0 Å². The Morgan fingerprint density at radius 3 is 2.21 bits per heavy atom. The van der Waals surface area contributed by atoms with E-state index in [0.717, 1.165) is 19.3 Å². The van der Waals surface area contributed by atoms with E-state index in [1.807, 2.05) is 27.0 Å². The topological polar surface area (TPSA) is 76.0 Å². The zero-order chi connectivity index (χ0) is 18.3. The van der Waals surface area contributed by atoms with Crippen molar-refractivity contribution in [2.45, 2.75) is 65.6 Å². The van der Waals surface area contributed by atoms with Crippen LogP contribution in [0.3, 0.4) is 0 Å². The first-order valence-corrected chi connectivity index (χ1v) is 9.92. The van der Waals surface area contributed by atoms with Crippen molar-refractivity contribution in [2.75, 3.05) is 13.1 Å². The quantitative estimate of drug-likeness (QED) is 0.601. The van der Waals surface area contributed by atoms with E-state index in [1.54, 1.807) is 0 Å². The average molecular weight is 357 g/mol. The molecule has 5 nitrogen and oxygen atoms in total. The second-order valence-electron chi connectivity index (χ2n) is 9.46. The summed E-state index contributed by atoms with van der Waals surface area (Å²) in [5, 5.41) is 9.17. The van der Waals surface area contributed by atoms with Gasteiger partial charge in [0.25, 0.3) is 0 Å². The number of piperidine rings is 1. The molecule has 0 unspecified atom stereocenters. The van der Waals surface area contributed by atoms with E-state index in [-0.39, 0.29) is 15.6 Å². The van der Waals surface area contributed by atoms with E-state index in [2.05, 4.69) is 25.2 Å². The van der Waals surface area contributed by atoms with Crippen molar-refractivity contribution in [3.05, 3.63) is 0 Å². The van der Waals surface area contributed by atoms with E-state index in [9.17, 15) is 9.35 Å². The lowest BCUT2D eigenvalue weighted by Gasteiger charge is -2.62. The summed E-state index contributed by atoms with van der Waals surface area (Å²) in [5.41, 5.74) is 0.341. The molecule has 0 bridgehead atoms. The van der Waals surface area contributed by atoms with Gasteiger partial charge in [0.15, 0.2) is 0 Å². The zero-order valence-corrected chi connectivity index (χ0v) is 16.7. The monoisotopic (exact) mass is 356 g/mol. The smallest absolute Gasteiger partial charge is 0.407 e. The van der Waals surface area contributed by atoms with Gasteiger partial charge in [0, 0.05) is 19.0 Å². The first-order valence-electron chi connectivity index (χ1n) is 8.81. The molecule has 1 aliphatic heterocycles. The predicted molar refractivity (Wildman–Crippen MR) is 98.7 cm³/mol. The molecule has 2 aliphatic rings. The second-order valence-corrected chi connectivity index (χ2v) is 11.4. The minimum absolute atomic E-state index is 0.129. The molecule has 0 aromatic heterocycles. The predicted octanol–water partition coefficient (Wildman–Crippen LogP) is 3.96. The van der Waals surface area contributed by atoms with Crippen LogP contribution in [-0.2, 0) is 11.4 Å². The minimum Gasteiger partial charge on any atom is -0.591 e. The summed E-state index contributed by atoms with van der Waals surface area (Å²) in [4.78, 5) is 12.7. The highest BCUT2D eigenvalue weighted by Gasteiger charge is 2.58. The summed E-state index contributed by atoms with van der Waals surface area (Å²) >= 11 is -1.21. The fourth-order valence-corrected chi connectivity index (χ4v) is 5.24. The Kier molecular flexibility index (Phi) is 5.32. The fraction of sp³-hybridized carbons (Fsp3) is 0.889. The summed E-state index contributed by atoms with van der Waals surface area (Å²) in [6.45, 7) is 13.8. The van der Waals surface area contributed by atoms with Gasteiger partial charge in [-0.1, -0.05) is 25.2 Å². The number of carbonyl (C=O) groups is 1. The Morgan fingerprint density at radius 2 is 1.79 bits per heavy atom. The number of hydrogen-bond donors (Lipinski definition) is 1. The van der Waals surface area contributed by atoms with Crippen LogP contribution in [0.2, 0.25) is 0 Å². The van der Waals surface area contributed by atoms with Crippen molar-refractivity contribution < 1.29 is 14.5 Å². The summed E-state index contributed by atoms with van der Waals surface area (Å²) in [6.07, 6.45) is 4.00. The number of rotatable bonds is 2. The van der Waals surface area contributed by atoms with Crippen LogP contribution in [0, 0.1) is 22.7 Å². The van der Waals surface area contributed by atoms with Crippen LogP contribution in [0.5, 0.6) is 0 Å². The number of amides is 1. The van der Waals surface area contributed by atoms with Gasteiger partial charge in [-0.05, 0) is 56.8 Å². The molecular formula is C18H32N2O3S. The molecule has 1 heterocycles. The Labute approximate surface area is 149 Å². The number of hydrogen-bond acceptors (Lipinski definition) is 3. The SMILES string of the molecule is CC(C)(C)[C@H]1[C@H](/C=N/[S@+]([O-])C(C)(C)C)CC12CCN(C(=O)O)CC2. The van der Waals surface area contributed by atoms with Gasteiger partial charge in [0.2, 0.25) is 0 Å². The summed E-state index contributed by atoms with van der Waals surface area (Å²) in [5.74, 6) is 0.800. The highest BCUT2D eigenvalue weighted by atomic mass is 32.2. The molecule has 1 aliphatic carbocycles. The second kappa shape index (κ2) is 6.52. The van der Waals surface area contributed by atoms with E-state index in [1.165, 1.54) is 4.90 Å². The van der Waals surface area contributed by atoms with Gasteiger partial charge in [0.1, 0.15) is 16.1 Å². The van der Waals surface area contributed by atoms with Crippen molar-refractivity contribution in [1.82, 2.24) is 4.90 Å². The lowest BCUT2D eigenvalue weighted by molar-refractivity contribution is -0.109.